The summed E-state index contributed by atoms with van der Waals surface area (Å²) in [7, 11) is 0. The molecule has 0 fully saturated rings. The van der Waals surface area contributed by atoms with Gasteiger partial charge in [0.1, 0.15) is 5.75 Å². The van der Waals surface area contributed by atoms with Crippen molar-refractivity contribution >= 4 is 0 Å². The van der Waals surface area contributed by atoms with Crippen LogP contribution in [-0.4, -0.2) is 9.97 Å². The van der Waals surface area contributed by atoms with Gasteiger partial charge in [0, 0.05) is 30.8 Å². The van der Waals surface area contributed by atoms with E-state index in [1.54, 1.807) is 0 Å². The Morgan fingerprint density at radius 2 is 2.15 bits per heavy atom. The second-order valence-corrected chi connectivity index (χ2v) is 5.33. The maximum atomic E-state index is 6.01. The summed E-state index contributed by atoms with van der Waals surface area (Å²) in [5.74, 6) is 1.80. The molecular formula is C16H17N3O. The molecule has 0 aliphatic carbocycles. The van der Waals surface area contributed by atoms with E-state index in [1.165, 1.54) is 11.1 Å². The van der Waals surface area contributed by atoms with Crippen molar-refractivity contribution in [1.82, 2.24) is 15.3 Å². The fourth-order valence-electron chi connectivity index (χ4n) is 3.02. The van der Waals surface area contributed by atoms with Crippen LogP contribution in [0.3, 0.4) is 0 Å². The molecule has 0 saturated heterocycles. The van der Waals surface area contributed by atoms with Gasteiger partial charge in [-0.05, 0) is 18.1 Å². The number of rotatable bonds is 2. The highest BCUT2D eigenvalue weighted by Crippen LogP contribution is 2.35. The maximum absolute atomic E-state index is 6.01. The van der Waals surface area contributed by atoms with Crippen molar-refractivity contribution in [2.45, 2.75) is 39.0 Å². The van der Waals surface area contributed by atoms with Crippen molar-refractivity contribution in [3.63, 3.8) is 0 Å². The van der Waals surface area contributed by atoms with Crippen LogP contribution in [0.4, 0.5) is 0 Å². The van der Waals surface area contributed by atoms with Crippen molar-refractivity contribution in [3.05, 3.63) is 52.6 Å². The summed E-state index contributed by atoms with van der Waals surface area (Å²) in [6.07, 6.45) is 1.77. The number of benzene rings is 1. The zero-order valence-electron chi connectivity index (χ0n) is 11.5. The number of nitrogens with zero attached hydrogens (tertiary/aromatic N) is 2. The number of fused-ring (bicyclic) bond motifs is 2. The number of aryl methyl sites for hydroxylation is 1. The van der Waals surface area contributed by atoms with Crippen molar-refractivity contribution in [2.75, 3.05) is 0 Å². The standard InChI is InChI=1S/C16H17N3O/c1-2-12-11-8-17-9-13(11)19-16(18-12)15-7-10-5-3-4-6-14(10)20-15/h3-6,15,17H,2,7-9H2,1H3. The van der Waals surface area contributed by atoms with E-state index in [2.05, 4.69) is 24.4 Å². The van der Waals surface area contributed by atoms with Gasteiger partial charge in [-0.15, -0.1) is 0 Å². The Kier molecular flexibility index (Phi) is 2.70. The molecule has 4 heteroatoms. The molecule has 4 rings (SSSR count). The Morgan fingerprint density at radius 3 is 3.00 bits per heavy atom. The van der Waals surface area contributed by atoms with Crippen LogP contribution in [0.25, 0.3) is 0 Å². The summed E-state index contributed by atoms with van der Waals surface area (Å²) < 4.78 is 6.01. The molecule has 20 heavy (non-hydrogen) atoms. The molecule has 2 aliphatic rings. The van der Waals surface area contributed by atoms with Gasteiger partial charge in [-0.2, -0.15) is 0 Å². The Hall–Kier alpha value is -1.94. The lowest BCUT2D eigenvalue weighted by Crippen LogP contribution is -2.13. The summed E-state index contributed by atoms with van der Waals surface area (Å²) in [4.78, 5) is 9.48. The molecule has 1 unspecified atom stereocenters. The molecule has 0 spiro atoms. The van der Waals surface area contributed by atoms with Crippen molar-refractivity contribution in [2.24, 2.45) is 0 Å². The van der Waals surface area contributed by atoms with Crippen LogP contribution in [0.5, 0.6) is 5.75 Å². The van der Waals surface area contributed by atoms with Gasteiger partial charge in [0.2, 0.25) is 0 Å². The minimum atomic E-state index is -0.0383. The third kappa shape index (κ3) is 1.79. The predicted molar refractivity (Wildman–Crippen MR) is 75.5 cm³/mol. The van der Waals surface area contributed by atoms with E-state index in [0.717, 1.165) is 48.9 Å². The van der Waals surface area contributed by atoms with Crippen LogP contribution < -0.4 is 10.1 Å². The van der Waals surface area contributed by atoms with E-state index in [-0.39, 0.29) is 6.10 Å². The first kappa shape index (κ1) is 11.9. The van der Waals surface area contributed by atoms with E-state index >= 15 is 0 Å². The lowest BCUT2D eigenvalue weighted by atomic mass is 10.1. The molecule has 1 atom stereocenters. The van der Waals surface area contributed by atoms with Crippen LogP contribution in [0.2, 0.25) is 0 Å². The molecule has 1 aromatic carbocycles. The zero-order chi connectivity index (χ0) is 13.5. The van der Waals surface area contributed by atoms with Gasteiger partial charge in [0.15, 0.2) is 11.9 Å². The molecular weight excluding hydrogens is 250 g/mol. The molecule has 0 bridgehead atoms. The van der Waals surface area contributed by atoms with E-state index in [1.807, 2.05) is 12.1 Å². The first-order valence-electron chi connectivity index (χ1n) is 7.19. The maximum Gasteiger partial charge on any atom is 0.170 e. The molecule has 2 aliphatic heterocycles. The highest BCUT2D eigenvalue weighted by atomic mass is 16.5. The lowest BCUT2D eigenvalue weighted by molar-refractivity contribution is 0.226. The number of nitrogens with one attached hydrogen (secondary N) is 1. The third-order valence-electron chi connectivity index (χ3n) is 4.06. The van der Waals surface area contributed by atoms with Crippen molar-refractivity contribution in [3.8, 4) is 5.75 Å². The number of ether oxygens (including phenoxy) is 1. The van der Waals surface area contributed by atoms with E-state index < -0.39 is 0 Å². The zero-order valence-corrected chi connectivity index (χ0v) is 11.5. The fourth-order valence-corrected chi connectivity index (χ4v) is 3.02. The second-order valence-electron chi connectivity index (χ2n) is 5.33. The van der Waals surface area contributed by atoms with Gasteiger partial charge in [-0.3, -0.25) is 0 Å². The summed E-state index contributed by atoms with van der Waals surface area (Å²) in [5.41, 5.74) is 4.84. The Balaban J connectivity index is 1.71. The van der Waals surface area contributed by atoms with Gasteiger partial charge < -0.3 is 10.1 Å². The predicted octanol–water partition coefficient (Wildman–Crippen LogP) is 2.32. The number of aromatic nitrogens is 2. The molecule has 0 radical (unpaired) electrons. The summed E-state index contributed by atoms with van der Waals surface area (Å²) in [6, 6.07) is 8.19. The quantitative estimate of drug-likeness (QED) is 0.907. The molecule has 0 saturated carbocycles. The third-order valence-corrected chi connectivity index (χ3v) is 4.06. The van der Waals surface area contributed by atoms with Crippen LogP contribution in [0, 0.1) is 0 Å². The van der Waals surface area contributed by atoms with Gasteiger partial charge in [0.25, 0.3) is 0 Å². The minimum Gasteiger partial charge on any atom is -0.482 e. The van der Waals surface area contributed by atoms with Crippen LogP contribution >= 0.6 is 0 Å². The number of hydrogen-bond donors (Lipinski definition) is 1. The van der Waals surface area contributed by atoms with Crippen LogP contribution in [0.1, 0.15) is 41.4 Å². The van der Waals surface area contributed by atoms with Gasteiger partial charge >= 0.3 is 0 Å². The van der Waals surface area contributed by atoms with E-state index in [9.17, 15) is 0 Å². The lowest BCUT2D eigenvalue weighted by Gasteiger charge is -2.13. The van der Waals surface area contributed by atoms with E-state index in [0.29, 0.717) is 0 Å². The van der Waals surface area contributed by atoms with Gasteiger partial charge in [-0.25, -0.2) is 9.97 Å². The molecule has 1 aromatic heterocycles. The van der Waals surface area contributed by atoms with Crippen LogP contribution in [0.15, 0.2) is 24.3 Å². The first-order valence-corrected chi connectivity index (χ1v) is 7.19. The Morgan fingerprint density at radius 1 is 1.25 bits per heavy atom. The van der Waals surface area contributed by atoms with Crippen molar-refractivity contribution in [1.29, 1.82) is 0 Å². The highest BCUT2D eigenvalue weighted by Gasteiger charge is 2.28. The molecule has 1 N–H and O–H groups in total. The molecule has 3 heterocycles. The smallest absolute Gasteiger partial charge is 0.170 e. The number of hydrogen-bond acceptors (Lipinski definition) is 4. The molecule has 2 aromatic rings. The largest absolute Gasteiger partial charge is 0.482 e. The molecule has 102 valence electrons. The van der Waals surface area contributed by atoms with Crippen molar-refractivity contribution < 1.29 is 4.74 Å². The Bertz CT molecular complexity index is 644. The monoisotopic (exact) mass is 267 g/mol. The molecule has 0 amide bonds. The second kappa shape index (κ2) is 4.56. The minimum absolute atomic E-state index is 0.0383. The summed E-state index contributed by atoms with van der Waals surface area (Å²) in [6.45, 7) is 3.89. The molecule has 4 nitrogen and oxygen atoms in total. The fraction of sp³-hybridized carbons (Fsp3) is 0.375. The SMILES string of the molecule is CCc1nc(C2Cc3ccccc3O2)nc2c1CNC2. The van der Waals surface area contributed by atoms with Crippen LogP contribution in [-0.2, 0) is 25.9 Å². The summed E-state index contributed by atoms with van der Waals surface area (Å²) in [5, 5.41) is 3.35. The highest BCUT2D eigenvalue weighted by molar-refractivity contribution is 5.38. The normalized spacial score (nSPS) is 19.6. The topological polar surface area (TPSA) is 47.0 Å². The average molecular weight is 267 g/mol. The van der Waals surface area contributed by atoms with Gasteiger partial charge in [0.05, 0.1) is 5.69 Å². The number of para-hydroxylation sites is 1. The Labute approximate surface area is 118 Å². The van der Waals surface area contributed by atoms with E-state index in [4.69, 9.17) is 14.7 Å². The average Bonchev–Trinajstić information content (AvgIpc) is 3.12. The first-order chi connectivity index (χ1) is 9.85. The van der Waals surface area contributed by atoms with Gasteiger partial charge in [-0.1, -0.05) is 25.1 Å². The summed E-state index contributed by atoms with van der Waals surface area (Å²) >= 11 is 0.